The normalized spacial score (nSPS) is 21.0. The predicted molar refractivity (Wildman–Crippen MR) is 80.5 cm³/mol. The maximum absolute atomic E-state index is 12.5. The van der Waals surface area contributed by atoms with Crippen molar-refractivity contribution < 1.29 is 14.6 Å². The van der Waals surface area contributed by atoms with Crippen LogP contribution in [0, 0.1) is 0 Å². The van der Waals surface area contributed by atoms with Crippen LogP contribution in [-0.4, -0.2) is 30.8 Å². The minimum absolute atomic E-state index is 0.0189. The number of amides is 1. The van der Waals surface area contributed by atoms with E-state index >= 15 is 0 Å². The van der Waals surface area contributed by atoms with Crippen molar-refractivity contribution in [3.63, 3.8) is 0 Å². The number of aliphatic hydroxyl groups excluding tert-OH is 1. The van der Waals surface area contributed by atoms with E-state index in [9.17, 15) is 9.90 Å². The summed E-state index contributed by atoms with van der Waals surface area (Å²) in [5, 5.41) is 9.65. The van der Waals surface area contributed by atoms with Gasteiger partial charge in [-0.1, -0.05) is 30.3 Å². The lowest BCUT2D eigenvalue weighted by atomic mass is 9.81. The summed E-state index contributed by atoms with van der Waals surface area (Å²) >= 11 is 0. The summed E-state index contributed by atoms with van der Waals surface area (Å²) in [6.07, 6.45) is 0. The third-order valence-electron chi connectivity index (χ3n) is 3.92. The summed E-state index contributed by atoms with van der Waals surface area (Å²) < 4.78 is 5.12. The van der Waals surface area contributed by atoms with Gasteiger partial charge >= 0.3 is 0 Å². The number of ether oxygens (including phenoxy) is 1. The summed E-state index contributed by atoms with van der Waals surface area (Å²) in [5.41, 5.74) is 1.73. The first-order valence-electron chi connectivity index (χ1n) is 6.89. The van der Waals surface area contributed by atoms with Crippen LogP contribution in [-0.2, 0) is 4.79 Å². The molecule has 0 aliphatic carbocycles. The first-order valence-corrected chi connectivity index (χ1v) is 6.89. The average Bonchev–Trinajstić information content (AvgIpc) is 2.54. The topological polar surface area (TPSA) is 49.8 Å². The number of nitrogens with zero attached hydrogens (tertiary/aromatic N) is 1. The standard InChI is InChI=1S/C17H17NO3/c1-21-14-9-7-13(8-10-14)18-15(11-19)16(17(18)20)12-5-3-2-4-6-12/h2-10,15-16,19H,11H2,1H3/t15-,16+/m0/s1. The highest BCUT2D eigenvalue weighted by molar-refractivity contribution is 6.06. The van der Waals surface area contributed by atoms with Gasteiger partial charge in [0, 0.05) is 5.69 Å². The Kier molecular flexibility index (Phi) is 3.62. The molecule has 4 heteroatoms. The van der Waals surface area contributed by atoms with Crippen molar-refractivity contribution in [3.05, 3.63) is 60.2 Å². The lowest BCUT2D eigenvalue weighted by Crippen LogP contribution is -2.61. The molecule has 1 aliphatic heterocycles. The summed E-state index contributed by atoms with van der Waals surface area (Å²) in [7, 11) is 1.60. The summed E-state index contributed by atoms with van der Waals surface area (Å²) in [6, 6.07) is 16.7. The molecule has 2 aromatic rings. The molecule has 1 saturated heterocycles. The Morgan fingerprint density at radius 3 is 2.33 bits per heavy atom. The summed E-state index contributed by atoms with van der Waals surface area (Å²) in [5.74, 6) is 0.496. The zero-order valence-electron chi connectivity index (χ0n) is 11.8. The van der Waals surface area contributed by atoms with E-state index in [0.717, 1.165) is 17.0 Å². The molecule has 1 N–H and O–H groups in total. The van der Waals surface area contributed by atoms with Gasteiger partial charge in [0.25, 0.3) is 0 Å². The fourth-order valence-corrected chi connectivity index (χ4v) is 2.82. The Hall–Kier alpha value is -2.33. The van der Waals surface area contributed by atoms with Crippen molar-refractivity contribution in [2.24, 2.45) is 0 Å². The molecule has 0 saturated carbocycles. The highest BCUT2D eigenvalue weighted by Gasteiger charge is 2.48. The lowest BCUT2D eigenvalue weighted by Gasteiger charge is -2.46. The number of carbonyl (C=O) groups excluding carboxylic acids is 1. The van der Waals surface area contributed by atoms with E-state index in [2.05, 4.69) is 0 Å². The number of aliphatic hydroxyl groups is 1. The van der Waals surface area contributed by atoms with Gasteiger partial charge in [-0.05, 0) is 29.8 Å². The van der Waals surface area contributed by atoms with Gasteiger partial charge in [0.15, 0.2) is 0 Å². The monoisotopic (exact) mass is 283 g/mol. The van der Waals surface area contributed by atoms with E-state index in [1.165, 1.54) is 0 Å². The Morgan fingerprint density at radius 2 is 1.76 bits per heavy atom. The molecule has 3 rings (SSSR count). The van der Waals surface area contributed by atoms with Crippen LogP contribution in [0.3, 0.4) is 0 Å². The Morgan fingerprint density at radius 1 is 1.10 bits per heavy atom. The molecule has 0 unspecified atom stereocenters. The van der Waals surface area contributed by atoms with Crippen molar-refractivity contribution in [3.8, 4) is 5.75 Å². The third-order valence-corrected chi connectivity index (χ3v) is 3.92. The smallest absolute Gasteiger partial charge is 0.237 e. The second kappa shape index (κ2) is 5.58. The number of rotatable bonds is 4. The first kappa shape index (κ1) is 13.6. The highest BCUT2D eigenvalue weighted by atomic mass is 16.5. The SMILES string of the molecule is COc1ccc(N2C(=O)[C@H](c3ccccc3)[C@@H]2CO)cc1. The third kappa shape index (κ3) is 2.28. The van der Waals surface area contributed by atoms with Gasteiger partial charge in [0.05, 0.1) is 25.7 Å². The molecular formula is C17H17NO3. The minimum atomic E-state index is -0.265. The molecule has 21 heavy (non-hydrogen) atoms. The van der Waals surface area contributed by atoms with Gasteiger partial charge in [-0.25, -0.2) is 0 Å². The van der Waals surface area contributed by atoms with E-state index < -0.39 is 0 Å². The molecule has 4 nitrogen and oxygen atoms in total. The Labute approximate surface area is 123 Å². The van der Waals surface area contributed by atoms with Crippen molar-refractivity contribution in [1.82, 2.24) is 0 Å². The largest absolute Gasteiger partial charge is 0.497 e. The van der Waals surface area contributed by atoms with E-state index in [0.29, 0.717) is 0 Å². The van der Waals surface area contributed by atoms with Crippen molar-refractivity contribution in [2.45, 2.75) is 12.0 Å². The lowest BCUT2D eigenvalue weighted by molar-refractivity contribution is -0.127. The van der Waals surface area contributed by atoms with Crippen LogP contribution in [0.4, 0.5) is 5.69 Å². The second-order valence-electron chi connectivity index (χ2n) is 5.04. The zero-order valence-corrected chi connectivity index (χ0v) is 11.8. The summed E-state index contributed by atoms with van der Waals surface area (Å²) in [4.78, 5) is 14.1. The fraction of sp³-hybridized carbons (Fsp3) is 0.235. The van der Waals surface area contributed by atoms with Crippen molar-refractivity contribution >= 4 is 11.6 Å². The molecule has 1 aliphatic rings. The highest BCUT2D eigenvalue weighted by Crippen LogP contribution is 2.39. The van der Waals surface area contributed by atoms with Crippen LogP contribution in [0.1, 0.15) is 11.5 Å². The minimum Gasteiger partial charge on any atom is -0.497 e. The van der Waals surface area contributed by atoms with Crippen LogP contribution in [0.2, 0.25) is 0 Å². The predicted octanol–water partition coefficient (Wildman–Crippen LogP) is 2.19. The number of benzene rings is 2. The first-order chi connectivity index (χ1) is 10.3. The van der Waals surface area contributed by atoms with Crippen molar-refractivity contribution in [1.29, 1.82) is 0 Å². The van der Waals surface area contributed by atoms with Crippen LogP contribution >= 0.6 is 0 Å². The molecule has 0 aromatic heterocycles. The van der Waals surface area contributed by atoms with Gasteiger partial charge in [0.1, 0.15) is 5.75 Å². The van der Waals surface area contributed by atoms with Gasteiger partial charge < -0.3 is 14.7 Å². The fourth-order valence-electron chi connectivity index (χ4n) is 2.82. The number of hydrogen-bond donors (Lipinski definition) is 1. The number of methoxy groups -OCH3 is 1. The molecule has 1 heterocycles. The quantitative estimate of drug-likeness (QED) is 0.875. The number of anilines is 1. The van der Waals surface area contributed by atoms with Crippen molar-refractivity contribution in [2.75, 3.05) is 18.6 Å². The second-order valence-corrected chi connectivity index (χ2v) is 5.04. The molecule has 2 atom stereocenters. The molecule has 2 aromatic carbocycles. The van der Waals surface area contributed by atoms with Gasteiger partial charge in [-0.3, -0.25) is 4.79 Å². The summed E-state index contributed by atoms with van der Waals surface area (Å²) in [6.45, 7) is -0.0582. The maximum atomic E-state index is 12.5. The van der Waals surface area contributed by atoms with Gasteiger partial charge in [0.2, 0.25) is 5.91 Å². The average molecular weight is 283 g/mol. The van der Waals surface area contributed by atoms with Crippen LogP contribution in [0.15, 0.2) is 54.6 Å². The molecule has 1 amide bonds. The molecule has 0 spiro atoms. The zero-order chi connectivity index (χ0) is 14.8. The van der Waals surface area contributed by atoms with Gasteiger partial charge in [-0.15, -0.1) is 0 Å². The number of carbonyl (C=O) groups is 1. The number of β-lactam (4-membered cyclic amide) rings is 1. The van der Waals surface area contributed by atoms with Crippen LogP contribution in [0.25, 0.3) is 0 Å². The Balaban J connectivity index is 1.86. The molecule has 108 valence electrons. The maximum Gasteiger partial charge on any atom is 0.237 e. The van der Waals surface area contributed by atoms with E-state index in [4.69, 9.17) is 4.74 Å². The van der Waals surface area contributed by atoms with Crippen LogP contribution < -0.4 is 9.64 Å². The van der Waals surface area contributed by atoms with E-state index in [1.54, 1.807) is 12.0 Å². The van der Waals surface area contributed by atoms with Crippen LogP contribution in [0.5, 0.6) is 5.75 Å². The molecule has 0 radical (unpaired) electrons. The van der Waals surface area contributed by atoms with E-state index in [-0.39, 0.29) is 24.5 Å². The Bertz CT molecular complexity index is 624. The number of hydrogen-bond acceptors (Lipinski definition) is 3. The van der Waals surface area contributed by atoms with E-state index in [1.807, 2.05) is 54.6 Å². The molecule has 0 bridgehead atoms. The van der Waals surface area contributed by atoms with Gasteiger partial charge in [-0.2, -0.15) is 0 Å². The molecular weight excluding hydrogens is 266 g/mol. The molecule has 1 fully saturated rings.